The minimum absolute atomic E-state index is 0.263. The Bertz CT molecular complexity index is 564. The molecule has 2 rings (SSSR count). The zero-order valence-electron chi connectivity index (χ0n) is 10.2. The molecule has 0 fully saturated rings. The standard InChI is InChI=1S/C13H14F2N2S/c1-7(2)12-11(18-13(16)17-12)6-8-3-4-9(14)10(15)5-8/h3-5,7H,6H2,1-2H3,(H2,16,17). The predicted octanol–water partition coefficient (Wildman–Crippen LogP) is 3.72. The number of hydrogen-bond donors (Lipinski definition) is 1. The number of anilines is 1. The maximum Gasteiger partial charge on any atom is 0.180 e. The molecule has 0 aliphatic heterocycles. The van der Waals surface area contributed by atoms with Gasteiger partial charge < -0.3 is 5.73 Å². The molecule has 2 aromatic rings. The van der Waals surface area contributed by atoms with Crippen molar-refractivity contribution < 1.29 is 8.78 Å². The summed E-state index contributed by atoms with van der Waals surface area (Å²) in [6.45, 7) is 4.06. The van der Waals surface area contributed by atoms with Crippen LogP contribution in [0.25, 0.3) is 0 Å². The molecule has 1 heterocycles. The van der Waals surface area contributed by atoms with Crippen LogP contribution in [0, 0.1) is 11.6 Å². The van der Waals surface area contributed by atoms with Gasteiger partial charge in [-0.05, 0) is 23.6 Å². The smallest absolute Gasteiger partial charge is 0.180 e. The summed E-state index contributed by atoms with van der Waals surface area (Å²) in [7, 11) is 0. The van der Waals surface area contributed by atoms with E-state index in [9.17, 15) is 8.78 Å². The number of nitrogen functional groups attached to an aromatic ring is 1. The van der Waals surface area contributed by atoms with Gasteiger partial charge in [-0.25, -0.2) is 13.8 Å². The summed E-state index contributed by atoms with van der Waals surface area (Å²) in [5, 5.41) is 0.510. The molecule has 0 unspecified atom stereocenters. The largest absolute Gasteiger partial charge is 0.375 e. The number of nitrogens with two attached hydrogens (primary N) is 1. The molecule has 1 aromatic heterocycles. The Morgan fingerprint density at radius 1 is 1.28 bits per heavy atom. The minimum Gasteiger partial charge on any atom is -0.375 e. The molecular weight excluding hydrogens is 254 g/mol. The van der Waals surface area contributed by atoms with Crippen molar-refractivity contribution in [2.75, 3.05) is 5.73 Å². The highest BCUT2D eigenvalue weighted by Gasteiger charge is 2.14. The Morgan fingerprint density at radius 2 is 2.00 bits per heavy atom. The van der Waals surface area contributed by atoms with E-state index in [2.05, 4.69) is 4.98 Å². The molecule has 0 radical (unpaired) electrons. The quantitative estimate of drug-likeness (QED) is 0.921. The van der Waals surface area contributed by atoms with Crippen LogP contribution in [-0.2, 0) is 6.42 Å². The van der Waals surface area contributed by atoms with Crippen molar-refractivity contribution >= 4 is 16.5 Å². The number of nitrogens with zero attached hydrogens (tertiary/aromatic N) is 1. The van der Waals surface area contributed by atoms with E-state index in [1.165, 1.54) is 17.4 Å². The van der Waals surface area contributed by atoms with Gasteiger partial charge in [-0.1, -0.05) is 19.9 Å². The van der Waals surface area contributed by atoms with Crippen molar-refractivity contribution in [3.63, 3.8) is 0 Å². The Hall–Kier alpha value is -1.49. The van der Waals surface area contributed by atoms with Gasteiger partial charge in [0.05, 0.1) is 5.69 Å². The first-order valence-electron chi connectivity index (χ1n) is 5.66. The van der Waals surface area contributed by atoms with Crippen LogP contribution < -0.4 is 5.73 Å². The van der Waals surface area contributed by atoms with Gasteiger partial charge in [0.15, 0.2) is 16.8 Å². The van der Waals surface area contributed by atoms with Crippen molar-refractivity contribution in [1.29, 1.82) is 0 Å². The van der Waals surface area contributed by atoms with Gasteiger partial charge in [0.2, 0.25) is 0 Å². The van der Waals surface area contributed by atoms with Crippen LogP contribution in [0.3, 0.4) is 0 Å². The number of aromatic nitrogens is 1. The molecule has 2 nitrogen and oxygen atoms in total. The van der Waals surface area contributed by atoms with E-state index in [1.807, 2.05) is 13.8 Å². The van der Waals surface area contributed by atoms with Gasteiger partial charge in [0, 0.05) is 11.3 Å². The van der Waals surface area contributed by atoms with Crippen LogP contribution in [-0.4, -0.2) is 4.98 Å². The number of halogens is 2. The van der Waals surface area contributed by atoms with Crippen LogP contribution in [0.15, 0.2) is 18.2 Å². The molecule has 0 amide bonds. The molecule has 0 saturated carbocycles. The van der Waals surface area contributed by atoms with E-state index < -0.39 is 11.6 Å². The maximum atomic E-state index is 13.1. The van der Waals surface area contributed by atoms with Crippen LogP contribution in [0.2, 0.25) is 0 Å². The molecule has 0 saturated heterocycles. The van der Waals surface area contributed by atoms with Crippen LogP contribution in [0.1, 0.15) is 35.9 Å². The van der Waals surface area contributed by atoms with Crippen LogP contribution >= 0.6 is 11.3 Å². The number of rotatable bonds is 3. The Balaban J connectivity index is 2.30. The molecule has 5 heteroatoms. The van der Waals surface area contributed by atoms with Crippen LogP contribution in [0.5, 0.6) is 0 Å². The van der Waals surface area contributed by atoms with Gasteiger partial charge in [0.25, 0.3) is 0 Å². The number of benzene rings is 1. The van der Waals surface area contributed by atoms with E-state index in [0.29, 0.717) is 11.6 Å². The van der Waals surface area contributed by atoms with E-state index >= 15 is 0 Å². The van der Waals surface area contributed by atoms with E-state index in [-0.39, 0.29) is 5.92 Å². The third-order valence-electron chi connectivity index (χ3n) is 2.64. The zero-order valence-corrected chi connectivity index (χ0v) is 11.0. The third kappa shape index (κ3) is 2.67. The first-order valence-corrected chi connectivity index (χ1v) is 6.48. The molecule has 96 valence electrons. The summed E-state index contributed by atoms with van der Waals surface area (Å²) in [4.78, 5) is 5.28. The minimum atomic E-state index is -0.827. The summed E-state index contributed by atoms with van der Waals surface area (Å²) in [6.07, 6.45) is 0.527. The van der Waals surface area contributed by atoms with Crippen molar-refractivity contribution in [3.8, 4) is 0 Å². The Morgan fingerprint density at radius 3 is 2.61 bits per heavy atom. The molecule has 0 bridgehead atoms. The Kier molecular flexibility index (Phi) is 3.61. The lowest BCUT2D eigenvalue weighted by atomic mass is 10.0. The fraction of sp³-hybridized carbons (Fsp3) is 0.308. The number of hydrogen-bond acceptors (Lipinski definition) is 3. The van der Waals surface area contributed by atoms with Crippen LogP contribution in [0.4, 0.5) is 13.9 Å². The normalized spacial score (nSPS) is 11.2. The second kappa shape index (κ2) is 5.02. The monoisotopic (exact) mass is 268 g/mol. The van der Waals surface area contributed by atoms with Gasteiger partial charge in [-0.2, -0.15) is 0 Å². The average molecular weight is 268 g/mol. The predicted molar refractivity (Wildman–Crippen MR) is 69.8 cm³/mol. The molecule has 0 spiro atoms. The van der Waals surface area contributed by atoms with Gasteiger partial charge in [0.1, 0.15) is 0 Å². The zero-order chi connectivity index (χ0) is 13.3. The van der Waals surface area contributed by atoms with Gasteiger partial charge >= 0.3 is 0 Å². The topological polar surface area (TPSA) is 38.9 Å². The lowest BCUT2D eigenvalue weighted by Crippen LogP contribution is -1.96. The Labute approximate surface area is 108 Å². The molecule has 0 aliphatic carbocycles. The molecule has 18 heavy (non-hydrogen) atoms. The van der Waals surface area contributed by atoms with E-state index in [0.717, 1.165) is 22.2 Å². The first-order chi connectivity index (χ1) is 8.47. The van der Waals surface area contributed by atoms with Crippen molar-refractivity contribution in [2.24, 2.45) is 0 Å². The second-order valence-electron chi connectivity index (χ2n) is 4.44. The van der Waals surface area contributed by atoms with E-state index in [1.54, 1.807) is 6.07 Å². The summed E-state index contributed by atoms with van der Waals surface area (Å²) in [5.74, 6) is -1.39. The lowest BCUT2D eigenvalue weighted by Gasteiger charge is -2.05. The maximum absolute atomic E-state index is 13.1. The lowest BCUT2D eigenvalue weighted by molar-refractivity contribution is 0.507. The SMILES string of the molecule is CC(C)c1nc(N)sc1Cc1ccc(F)c(F)c1. The third-order valence-corrected chi connectivity index (χ3v) is 3.54. The first kappa shape index (κ1) is 13.0. The summed E-state index contributed by atoms with van der Waals surface area (Å²) >= 11 is 1.40. The summed E-state index contributed by atoms with van der Waals surface area (Å²) in [5.41, 5.74) is 7.35. The van der Waals surface area contributed by atoms with Crippen molar-refractivity contribution in [3.05, 3.63) is 46.0 Å². The van der Waals surface area contributed by atoms with Gasteiger partial charge in [-0.15, -0.1) is 11.3 Å². The summed E-state index contributed by atoms with van der Waals surface area (Å²) < 4.78 is 26.0. The average Bonchev–Trinajstić information content (AvgIpc) is 2.65. The molecule has 0 atom stereocenters. The molecular formula is C13H14F2N2S. The fourth-order valence-corrected chi connectivity index (χ4v) is 2.82. The van der Waals surface area contributed by atoms with Gasteiger partial charge in [-0.3, -0.25) is 0 Å². The summed E-state index contributed by atoms with van der Waals surface area (Å²) in [6, 6.07) is 3.94. The van der Waals surface area contributed by atoms with E-state index in [4.69, 9.17) is 5.73 Å². The highest BCUT2D eigenvalue weighted by atomic mass is 32.1. The molecule has 0 aliphatic rings. The molecule has 1 aromatic carbocycles. The fourth-order valence-electron chi connectivity index (χ4n) is 1.80. The van der Waals surface area contributed by atoms with Crippen molar-refractivity contribution in [2.45, 2.75) is 26.2 Å². The highest BCUT2D eigenvalue weighted by Crippen LogP contribution is 2.29. The second-order valence-corrected chi connectivity index (χ2v) is 5.56. The number of thiazole rings is 1. The molecule has 2 N–H and O–H groups in total. The van der Waals surface area contributed by atoms with Crippen molar-refractivity contribution in [1.82, 2.24) is 4.98 Å². The highest BCUT2D eigenvalue weighted by molar-refractivity contribution is 7.15.